The highest BCUT2D eigenvalue weighted by Crippen LogP contribution is 2.18. The number of hydrogen-bond acceptors (Lipinski definition) is 5. The fourth-order valence-corrected chi connectivity index (χ4v) is 1.81. The van der Waals surface area contributed by atoms with E-state index >= 15 is 0 Å². The molecule has 106 valence electrons. The number of carbonyl (C=O) groups excluding carboxylic acids is 1. The molecule has 5 N–H and O–H groups in total. The SMILES string of the molecule is CCN(CC)CCNC(=O)c1ccc(N)cc1NO. The summed E-state index contributed by atoms with van der Waals surface area (Å²) in [5.74, 6) is -0.233. The van der Waals surface area contributed by atoms with Crippen molar-refractivity contribution < 1.29 is 10.0 Å². The monoisotopic (exact) mass is 266 g/mol. The normalized spacial score (nSPS) is 10.5. The van der Waals surface area contributed by atoms with Crippen LogP contribution in [0.15, 0.2) is 18.2 Å². The number of amides is 1. The van der Waals surface area contributed by atoms with Crippen LogP contribution in [0.1, 0.15) is 24.2 Å². The number of nitrogens with zero attached hydrogens (tertiary/aromatic N) is 1. The van der Waals surface area contributed by atoms with Crippen LogP contribution in [0, 0.1) is 0 Å². The molecular weight excluding hydrogens is 244 g/mol. The van der Waals surface area contributed by atoms with Gasteiger partial charge in [-0.3, -0.25) is 15.5 Å². The molecule has 1 aromatic rings. The predicted molar refractivity (Wildman–Crippen MR) is 76.4 cm³/mol. The van der Waals surface area contributed by atoms with Gasteiger partial charge in [-0.05, 0) is 31.3 Å². The number of hydrogen-bond donors (Lipinski definition) is 4. The molecule has 0 aliphatic rings. The quantitative estimate of drug-likeness (QED) is 0.439. The van der Waals surface area contributed by atoms with Crippen LogP contribution in [-0.4, -0.2) is 42.2 Å². The molecule has 0 heterocycles. The number of likely N-dealkylation sites (N-methyl/N-ethyl adjacent to an activating group) is 1. The molecule has 1 rings (SSSR count). The summed E-state index contributed by atoms with van der Waals surface area (Å²) in [7, 11) is 0. The molecule has 0 aliphatic carbocycles. The summed E-state index contributed by atoms with van der Waals surface area (Å²) in [5, 5.41) is 11.8. The second kappa shape index (κ2) is 7.60. The Bertz CT molecular complexity index is 419. The van der Waals surface area contributed by atoms with Gasteiger partial charge in [-0.2, -0.15) is 0 Å². The molecule has 0 bridgehead atoms. The molecule has 0 saturated carbocycles. The summed E-state index contributed by atoms with van der Waals surface area (Å²) < 4.78 is 0. The van der Waals surface area contributed by atoms with Gasteiger partial charge in [-0.1, -0.05) is 13.8 Å². The lowest BCUT2D eigenvalue weighted by Gasteiger charge is -2.18. The molecule has 0 atom stereocenters. The van der Waals surface area contributed by atoms with Gasteiger partial charge in [-0.25, -0.2) is 0 Å². The number of nitrogen functional groups attached to an aromatic ring is 1. The molecule has 0 unspecified atom stereocenters. The second-order valence-electron chi connectivity index (χ2n) is 4.20. The second-order valence-corrected chi connectivity index (χ2v) is 4.20. The zero-order valence-corrected chi connectivity index (χ0v) is 11.4. The van der Waals surface area contributed by atoms with Crippen molar-refractivity contribution in [3.63, 3.8) is 0 Å². The Kier molecular flexibility index (Phi) is 6.11. The van der Waals surface area contributed by atoms with Crippen molar-refractivity contribution in [1.29, 1.82) is 0 Å². The van der Waals surface area contributed by atoms with Gasteiger partial charge in [0.2, 0.25) is 0 Å². The maximum Gasteiger partial charge on any atom is 0.253 e. The Morgan fingerprint density at radius 2 is 2.05 bits per heavy atom. The molecule has 0 aromatic heterocycles. The summed E-state index contributed by atoms with van der Waals surface area (Å²) in [5.41, 5.74) is 8.74. The maximum atomic E-state index is 12.0. The third-order valence-electron chi connectivity index (χ3n) is 3.02. The zero-order chi connectivity index (χ0) is 14.3. The van der Waals surface area contributed by atoms with Gasteiger partial charge in [0, 0.05) is 18.8 Å². The van der Waals surface area contributed by atoms with Crippen molar-refractivity contribution in [2.75, 3.05) is 37.4 Å². The van der Waals surface area contributed by atoms with Crippen molar-refractivity contribution in [2.24, 2.45) is 0 Å². The first kappa shape index (κ1) is 15.3. The standard InChI is InChI=1S/C13H22N4O2/c1-3-17(4-2)8-7-15-13(18)11-6-5-10(14)9-12(11)16-19/h5-6,9,16,19H,3-4,7-8,14H2,1-2H3,(H,15,18). The minimum absolute atomic E-state index is 0.233. The number of carbonyl (C=O) groups is 1. The number of rotatable bonds is 7. The fourth-order valence-electron chi connectivity index (χ4n) is 1.81. The molecule has 0 spiro atoms. The van der Waals surface area contributed by atoms with Crippen LogP contribution < -0.4 is 16.5 Å². The third-order valence-corrected chi connectivity index (χ3v) is 3.02. The molecule has 0 aliphatic heterocycles. The Morgan fingerprint density at radius 1 is 1.37 bits per heavy atom. The highest BCUT2D eigenvalue weighted by atomic mass is 16.5. The lowest BCUT2D eigenvalue weighted by atomic mass is 10.1. The van der Waals surface area contributed by atoms with Crippen LogP contribution >= 0.6 is 0 Å². The van der Waals surface area contributed by atoms with Gasteiger partial charge >= 0.3 is 0 Å². The van der Waals surface area contributed by atoms with E-state index in [9.17, 15) is 4.79 Å². The number of benzene rings is 1. The van der Waals surface area contributed by atoms with Crippen molar-refractivity contribution in [1.82, 2.24) is 10.2 Å². The topological polar surface area (TPSA) is 90.6 Å². The number of nitrogens with two attached hydrogens (primary N) is 1. The van der Waals surface area contributed by atoms with Gasteiger partial charge in [-0.15, -0.1) is 0 Å². The van der Waals surface area contributed by atoms with Crippen molar-refractivity contribution in [3.05, 3.63) is 23.8 Å². The molecule has 19 heavy (non-hydrogen) atoms. The first-order chi connectivity index (χ1) is 9.12. The summed E-state index contributed by atoms with van der Waals surface area (Å²) in [6.45, 7) is 7.44. The average Bonchev–Trinajstić information content (AvgIpc) is 2.43. The highest BCUT2D eigenvalue weighted by molar-refractivity contribution is 6.00. The fraction of sp³-hybridized carbons (Fsp3) is 0.462. The van der Waals surface area contributed by atoms with E-state index in [1.807, 2.05) is 5.48 Å². The van der Waals surface area contributed by atoms with Gasteiger partial charge in [0.1, 0.15) is 0 Å². The molecule has 0 saturated heterocycles. The van der Waals surface area contributed by atoms with E-state index < -0.39 is 0 Å². The van der Waals surface area contributed by atoms with Crippen LogP contribution in [0.3, 0.4) is 0 Å². The van der Waals surface area contributed by atoms with E-state index in [4.69, 9.17) is 10.9 Å². The minimum atomic E-state index is -0.233. The van der Waals surface area contributed by atoms with Gasteiger partial charge < -0.3 is 16.0 Å². The Balaban J connectivity index is 2.58. The lowest BCUT2D eigenvalue weighted by molar-refractivity contribution is 0.0949. The van der Waals surface area contributed by atoms with Crippen molar-refractivity contribution in [3.8, 4) is 0 Å². The minimum Gasteiger partial charge on any atom is -0.399 e. The van der Waals surface area contributed by atoms with Gasteiger partial charge in [0.25, 0.3) is 5.91 Å². The van der Waals surface area contributed by atoms with Crippen LogP contribution in [0.4, 0.5) is 11.4 Å². The molecule has 0 radical (unpaired) electrons. The Morgan fingerprint density at radius 3 is 2.63 bits per heavy atom. The molecular formula is C13H22N4O2. The summed E-state index contributed by atoms with van der Waals surface area (Å²) in [6.07, 6.45) is 0. The molecule has 1 amide bonds. The van der Waals surface area contributed by atoms with E-state index in [2.05, 4.69) is 24.1 Å². The van der Waals surface area contributed by atoms with Crippen LogP contribution in [0.2, 0.25) is 0 Å². The Labute approximate surface area is 113 Å². The van der Waals surface area contributed by atoms with E-state index in [-0.39, 0.29) is 5.91 Å². The van der Waals surface area contributed by atoms with E-state index in [0.717, 1.165) is 19.6 Å². The average molecular weight is 266 g/mol. The zero-order valence-electron chi connectivity index (χ0n) is 11.4. The van der Waals surface area contributed by atoms with E-state index in [1.54, 1.807) is 12.1 Å². The maximum absolute atomic E-state index is 12.0. The van der Waals surface area contributed by atoms with Crippen molar-refractivity contribution >= 4 is 17.3 Å². The summed E-state index contributed by atoms with van der Waals surface area (Å²) in [6, 6.07) is 4.72. The molecule has 6 heteroatoms. The van der Waals surface area contributed by atoms with E-state index in [1.165, 1.54) is 6.07 Å². The number of anilines is 2. The predicted octanol–water partition coefficient (Wildman–Crippen LogP) is 1.14. The third kappa shape index (κ3) is 4.42. The first-order valence-electron chi connectivity index (χ1n) is 6.42. The smallest absolute Gasteiger partial charge is 0.253 e. The summed E-state index contributed by atoms with van der Waals surface area (Å²) in [4.78, 5) is 14.2. The number of nitrogens with one attached hydrogen (secondary N) is 2. The molecule has 0 fully saturated rings. The van der Waals surface area contributed by atoms with Crippen LogP contribution in [0.5, 0.6) is 0 Å². The van der Waals surface area contributed by atoms with E-state index in [0.29, 0.717) is 23.5 Å². The van der Waals surface area contributed by atoms with Gasteiger partial charge in [0.15, 0.2) is 0 Å². The van der Waals surface area contributed by atoms with Gasteiger partial charge in [0.05, 0.1) is 11.3 Å². The lowest BCUT2D eigenvalue weighted by Crippen LogP contribution is -2.35. The molecule has 6 nitrogen and oxygen atoms in total. The Hall–Kier alpha value is -1.79. The first-order valence-corrected chi connectivity index (χ1v) is 6.42. The molecule has 1 aromatic carbocycles. The largest absolute Gasteiger partial charge is 0.399 e. The van der Waals surface area contributed by atoms with Crippen molar-refractivity contribution in [2.45, 2.75) is 13.8 Å². The highest BCUT2D eigenvalue weighted by Gasteiger charge is 2.11. The van der Waals surface area contributed by atoms with Crippen LogP contribution in [-0.2, 0) is 0 Å². The van der Waals surface area contributed by atoms with Crippen LogP contribution in [0.25, 0.3) is 0 Å². The summed E-state index contributed by atoms with van der Waals surface area (Å²) >= 11 is 0.